The Balaban J connectivity index is 0.00000676. The first-order valence-corrected chi connectivity index (χ1v) is 13.2. The molecule has 1 atom stereocenters. The van der Waals surface area contributed by atoms with E-state index in [0.29, 0.717) is 0 Å². The zero-order chi connectivity index (χ0) is 18.7. The van der Waals surface area contributed by atoms with Gasteiger partial charge in [-0.15, -0.1) is 17.0 Å². The van der Waals surface area contributed by atoms with E-state index >= 15 is 0 Å². The van der Waals surface area contributed by atoms with Gasteiger partial charge in [0.2, 0.25) is 0 Å². The summed E-state index contributed by atoms with van der Waals surface area (Å²) in [6, 6.07) is 0. The quantitative estimate of drug-likeness (QED) is 0.176. The molecule has 0 N–H and O–H groups in total. The Bertz CT molecular complexity index is 282. The number of likely N-dealkylation sites (tertiary alicyclic amines) is 1. The summed E-state index contributed by atoms with van der Waals surface area (Å²) in [5.41, 5.74) is 0. The summed E-state index contributed by atoms with van der Waals surface area (Å²) in [6.07, 6.45) is 24.8. The minimum Gasteiger partial charge on any atom is -0.303 e. The van der Waals surface area contributed by atoms with Gasteiger partial charge in [-0.25, -0.2) is 0 Å². The summed E-state index contributed by atoms with van der Waals surface area (Å²) in [5, 5.41) is 0.859. The Morgan fingerprint density at radius 3 is 1.63 bits per heavy atom. The van der Waals surface area contributed by atoms with Gasteiger partial charge in [-0.2, -0.15) is 11.8 Å². The largest absolute Gasteiger partial charge is 0.303 e. The molecule has 27 heavy (non-hydrogen) atoms. The van der Waals surface area contributed by atoms with Crippen LogP contribution in [0.25, 0.3) is 0 Å². The molecule has 3 heteroatoms. The number of hydrogen-bond donors (Lipinski definition) is 0. The van der Waals surface area contributed by atoms with Crippen molar-refractivity contribution in [2.45, 2.75) is 128 Å². The lowest BCUT2D eigenvalue weighted by atomic mass is 10.0. The molecule has 0 aromatic heterocycles. The molecule has 0 aromatic carbocycles. The SMILES string of the molecule is Br.CCCCCCCCCCCCCCCCSC(C)CCN1CCCC1. The van der Waals surface area contributed by atoms with Gasteiger partial charge in [0.05, 0.1) is 0 Å². The van der Waals surface area contributed by atoms with Crippen molar-refractivity contribution in [2.75, 3.05) is 25.4 Å². The Hall–Kier alpha value is 0.790. The highest BCUT2D eigenvalue weighted by molar-refractivity contribution is 8.93. The van der Waals surface area contributed by atoms with Crippen molar-refractivity contribution in [2.24, 2.45) is 0 Å². The van der Waals surface area contributed by atoms with Crippen LogP contribution in [0.4, 0.5) is 0 Å². The molecule has 1 saturated heterocycles. The van der Waals surface area contributed by atoms with Crippen LogP contribution in [-0.2, 0) is 0 Å². The molecule has 0 bridgehead atoms. The number of unbranched alkanes of at least 4 members (excludes halogenated alkanes) is 13. The van der Waals surface area contributed by atoms with Crippen LogP contribution in [0, 0.1) is 0 Å². The van der Waals surface area contributed by atoms with Gasteiger partial charge in [-0.1, -0.05) is 97.3 Å². The number of rotatable bonds is 19. The van der Waals surface area contributed by atoms with Crippen LogP contribution in [0.3, 0.4) is 0 Å². The van der Waals surface area contributed by atoms with E-state index in [1.54, 1.807) is 0 Å². The fourth-order valence-electron chi connectivity index (χ4n) is 4.04. The first kappa shape index (κ1) is 27.8. The predicted octanol–water partition coefficient (Wildman–Crippen LogP) is 8.65. The van der Waals surface area contributed by atoms with Crippen molar-refractivity contribution >= 4 is 28.7 Å². The lowest BCUT2D eigenvalue weighted by Crippen LogP contribution is -2.22. The molecular weight excluding hydrogens is 414 g/mol. The molecule has 164 valence electrons. The second kappa shape index (κ2) is 21.5. The van der Waals surface area contributed by atoms with Crippen LogP contribution in [-0.4, -0.2) is 35.5 Å². The molecule has 0 spiro atoms. The fraction of sp³-hybridized carbons (Fsp3) is 1.00. The molecule has 1 unspecified atom stereocenters. The average molecular weight is 465 g/mol. The number of nitrogens with zero attached hydrogens (tertiary/aromatic N) is 1. The van der Waals surface area contributed by atoms with E-state index in [1.165, 1.54) is 135 Å². The molecule has 0 radical (unpaired) electrons. The lowest BCUT2D eigenvalue weighted by Gasteiger charge is -2.17. The molecule has 0 saturated carbocycles. The first-order valence-electron chi connectivity index (χ1n) is 12.2. The number of thioether (sulfide) groups is 1. The number of halogens is 1. The van der Waals surface area contributed by atoms with Crippen molar-refractivity contribution in [3.8, 4) is 0 Å². The van der Waals surface area contributed by atoms with Gasteiger partial charge in [0.15, 0.2) is 0 Å². The van der Waals surface area contributed by atoms with E-state index in [-0.39, 0.29) is 17.0 Å². The van der Waals surface area contributed by atoms with Crippen molar-refractivity contribution in [1.82, 2.24) is 4.90 Å². The van der Waals surface area contributed by atoms with E-state index in [4.69, 9.17) is 0 Å². The fourth-order valence-corrected chi connectivity index (χ4v) is 5.08. The third kappa shape index (κ3) is 18.6. The lowest BCUT2D eigenvalue weighted by molar-refractivity contribution is 0.334. The Morgan fingerprint density at radius 2 is 1.15 bits per heavy atom. The Labute approximate surface area is 187 Å². The van der Waals surface area contributed by atoms with Gasteiger partial charge in [0.1, 0.15) is 0 Å². The first-order chi connectivity index (χ1) is 12.8. The summed E-state index contributed by atoms with van der Waals surface area (Å²) in [6.45, 7) is 8.79. The maximum Gasteiger partial charge on any atom is 0.00308 e. The van der Waals surface area contributed by atoms with E-state index in [1.807, 2.05) is 0 Å². The predicted molar refractivity (Wildman–Crippen MR) is 133 cm³/mol. The summed E-state index contributed by atoms with van der Waals surface area (Å²) in [4.78, 5) is 2.66. The Kier molecular flexibility index (Phi) is 22.1. The zero-order valence-corrected chi connectivity index (χ0v) is 21.2. The minimum absolute atomic E-state index is 0. The molecule has 1 heterocycles. The standard InChI is InChI=1S/C24H49NS.BrH/c1-3-4-5-6-7-8-9-10-11-12-13-14-15-18-23-26-24(2)19-22-25-20-16-17-21-25;/h24H,3-23H2,1-2H3;1H. The van der Waals surface area contributed by atoms with E-state index < -0.39 is 0 Å². The molecule has 1 aliphatic rings. The van der Waals surface area contributed by atoms with Crippen LogP contribution in [0.5, 0.6) is 0 Å². The molecule has 1 fully saturated rings. The molecule has 0 aromatic rings. The van der Waals surface area contributed by atoms with E-state index in [0.717, 1.165) is 5.25 Å². The summed E-state index contributed by atoms with van der Waals surface area (Å²) >= 11 is 2.22. The average Bonchev–Trinajstić information content (AvgIpc) is 3.17. The molecule has 1 nitrogen and oxygen atoms in total. The van der Waals surface area contributed by atoms with Gasteiger partial charge in [0, 0.05) is 5.25 Å². The van der Waals surface area contributed by atoms with Gasteiger partial charge < -0.3 is 4.90 Å². The summed E-state index contributed by atoms with van der Waals surface area (Å²) in [5.74, 6) is 1.39. The van der Waals surface area contributed by atoms with E-state index in [9.17, 15) is 0 Å². The van der Waals surface area contributed by atoms with Gasteiger partial charge in [0.25, 0.3) is 0 Å². The molecule has 1 aliphatic heterocycles. The van der Waals surface area contributed by atoms with Gasteiger partial charge in [-0.3, -0.25) is 0 Å². The highest BCUT2D eigenvalue weighted by Crippen LogP contribution is 2.19. The zero-order valence-electron chi connectivity index (χ0n) is 18.7. The second-order valence-corrected chi connectivity index (χ2v) is 10.2. The van der Waals surface area contributed by atoms with Crippen molar-refractivity contribution in [3.05, 3.63) is 0 Å². The van der Waals surface area contributed by atoms with Crippen molar-refractivity contribution in [3.63, 3.8) is 0 Å². The maximum atomic E-state index is 2.66. The molecule has 0 aliphatic carbocycles. The molecule has 1 rings (SSSR count). The van der Waals surface area contributed by atoms with Crippen LogP contribution in [0.15, 0.2) is 0 Å². The monoisotopic (exact) mass is 463 g/mol. The minimum atomic E-state index is 0. The number of hydrogen-bond acceptors (Lipinski definition) is 2. The van der Waals surface area contributed by atoms with Crippen LogP contribution >= 0.6 is 28.7 Å². The van der Waals surface area contributed by atoms with Crippen LogP contribution in [0.1, 0.15) is 123 Å². The van der Waals surface area contributed by atoms with Gasteiger partial charge in [-0.05, 0) is 51.1 Å². The third-order valence-electron chi connectivity index (χ3n) is 5.95. The normalized spacial score (nSPS) is 15.8. The smallest absolute Gasteiger partial charge is 0.00308 e. The van der Waals surface area contributed by atoms with Crippen molar-refractivity contribution in [1.29, 1.82) is 0 Å². The van der Waals surface area contributed by atoms with Crippen LogP contribution < -0.4 is 0 Å². The Morgan fingerprint density at radius 1 is 0.704 bits per heavy atom. The highest BCUT2D eigenvalue weighted by Gasteiger charge is 2.12. The second-order valence-electron chi connectivity index (χ2n) is 8.62. The van der Waals surface area contributed by atoms with E-state index in [2.05, 4.69) is 30.5 Å². The van der Waals surface area contributed by atoms with Crippen LogP contribution in [0.2, 0.25) is 0 Å². The molecule has 0 amide bonds. The summed E-state index contributed by atoms with van der Waals surface area (Å²) < 4.78 is 0. The van der Waals surface area contributed by atoms with Gasteiger partial charge >= 0.3 is 0 Å². The summed E-state index contributed by atoms with van der Waals surface area (Å²) in [7, 11) is 0. The molecular formula is C24H50BrNS. The topological polar surface area (TPSA) is 3.24 Å². The highest BCUT2D eigenvalue weighted by atomic mass is 79.9. The third-order valence-corrected chi connectivity index (χ3v) is 7.28. The van der Waals surface area contributed by atoms with Crippen molar-refractivity contribution < 1.29 is 0 Å². The maximum absolute atomic E-state index is 2.66.